The van der Waals surface area contributed by atoms with E-state index in [1.807, 2.05) is 18.2 Å². The van der Waals surface area contributed by atoms with Gasteiger partial charge in [0.1, 0.15) is 5.82 Å². The molecule has 0 aromatic heterocycles. The van der Waals surface area contributed by atoms with Crippen LogP contribution in [0.25, 0.3) is 22.3 Å². The van der Waals surface area contributed by atoms with Crippen molar-refractivity contribution in [3.05, 3.63) is 119 Å². The van der Waals surface area contributed by atoms with Crippen LogP contribution >= 0.6 is 0 Å². The second kappa shape index (κ2) is 18.5. The van der Waals surface area contributed by atoms with Gasteiger partial charge < -0.3 is 0 Å². The van der Waals surface area contributed by atoms with Crippen LogP contribution in [0.1, 0.15) is 145 Å². The quantitative estimate of drug-likeness (QED) is 0.135. The summed E-state index contributed by atoms with van der Waals surface area (Å²) in [7, 11) is 0. The van der Waals surface area contributed by atoms with Gasteiger partial charge in [-0.2, -0.15) is 0 Å². The fourth-order valence-corrected chi connectivity index (χ4v) is 10.8. The van der Waals surface area contributed by atoms with Crippen LogP contribution in [0.4, 0.5) is 30.7 Å². The van der Waals surface area contributed by atoms with Gasteiger partial charge in [0.05, 0.1) is 0 Å². The van der Waals surface area contributed by atoms with Gasteiger partial charge in [-0.1, -0.05) is 75.9 Å². The molecular formula is C50H65F7. The summed E-state index contributed by atoms with van der Waals surface area (Å²) < 4.78 is 95.1. The Morgan fingerprint density at radius 3 is 1.11 bits per heavy atom. The van der Waals surface area contributed by atoms with Gasteiger partial charge >= 0.3 is 0 Å². The fraction of sp³-hybridized carbons (Fsp3) is 0.520. The number of benzene rings is 4. The molecule has 0 saturated heterocycles. The molecule has 0 atom stereocenters. The van der Waals surface area contributed by atoms with Crippen LogP contribution in [0.5, 0.6) is 0 Å². The lowest BCUT2D eigenvalue weighted by Gasteiger charge is -2.37. The molecule has 8 rings (SSSR count). The molecule has 0 bridgehead atoms. The summed E-state index contributed by atoms with van der Waals surface area (Å²) >= 11 is 0. The Bertz CT molecular complexity index is 1910. The smallest absolute Gasteiger partial charge is 0.194 e. The van der Waals surface area contributed by atoms with Crippen LogP contribution in [0.15, 0.2) is 66.7 Å². The van der Waals surface area contributed by atoms with Crippen LogP contribution in [0, 0.1) is 76.2 Å². The summed E-state index contributed by atoms with van der Waals surface area (Å²) in [5, 5.41) is 0. The predicted octanol–water partition coefficient (Wildman–Crippen LogP) is 16.9. The molecule has 0 N–H and O–H groups in total. The van der Waals surface area contributed by atoms with E-state index in [0.29, 0.717) is 23.0 Å². The minimum Gasteiger partial charge on any atom is -0.206 e. The highest BCUT2D eigenvalue weighted by atomic mass is 19.2. The first kappa shape index (κ1) is 41.5. The van der Waals surface area contributed by atoms with Crippen LogP contribution < -0.4 is 0 Å². The third kappa shape index (κ3) is 9.99. The SMILES string of the molecule is CC1CCC(C2CCC(c3ccc(-c4cc(F)c(F)c(F)c4)c(F)c3)CC2)CC1.CC1CCC(C2CCC(c3ccc(-c4cc(F)c(F)c(F)c4)cc3)CC2)CC1.[HH].[HH].[HH].[HH]. The normalized spacial score (nSPS) is 28.0. The van der Waals surface area contributed by atoms with E-state index in [-0.39, 0.29) is 16.8 Å². The zero-order chi connectivity index (χ0) is 40.2. The number of rotatable bonds is 6. The van der Waals surface area contributed by atoms with Crippen molar-refractivity contribution in [3.8, 4) is 22.3 Å². The summed E-state index contributed by atoms with van der Waals surface area (Å²) in [6, 6.07) is 16.6. The Balaban J connectivity index is 0.000000305. The lowest BCUT2D eigenvalue weighted by Crippen LogP contribution is -2.24. The van der Waals surface area contributed by atoms with Crippen molar-refractivity contribution in [1.82, 2.24) is 0 Å². The van der Waals surface area contributed by atoms with Gasteiger partial charge in [0, 0.05) is 11.3 Å². The van der Waals surface area contributed by atoms with Crippen molar-refractivity contribution in [2.75, 3.05) is 0 Å². The molecule has 0 amide bonds. The largest absolute Gasteiger partial charge is 0.206 e. The molecule has 4 saturated carbocycles. The molecule has 7 heteroatoms. The molecule has 0 unspecified atom stereocenters. The second-order valence-corrected chi connectivity index (χ2v) is 18.1. The highest BCUT2D eigenvalue weighted by molar-refractivity contribution is 5.65. The van der Waals surface area contributed by atoms with Crippen molar-refractivity contribution < 1.29 is 36.4 Å². The van der Waals surface area contributed by atoms with Crippen LogP contribution in [-0.2, 0) is 0 Å². The molecule has 314 valence electrons. The first-order valence-corrected chi connectivity index (χ1v) is 21.6. The second-order valence-electron chi connectivity index (χ2n) is 18.1. The van der Waals surface area contributed by atoms with Gasteiger partial charge in [-0.05, 0) is 183 Å². The van der Waals surface area contributed by atoms with Gasteiger partial charge in [0.2, 0.25) is 0 Å². The zero-order valence-electron chi connectivity index (χ0n) is 33.4. The molecule has 4 aromatic rings. The van der Waals surface area contributed by atoms with Gasteiger partial charge in [0.15, 0.2) is 34.9 Å². The Labute approximate surface area is 340 Å². The van der Waals surface area contributed by atoms with E-state index in [1.165, 1.54) is 102 Å². The first-order chi connectivity index (χ1) is 27.4. The van der Waals surface area contributed by atoms with Gasteiger partial charge in [-0.3, -0.25) is 0 Å². The molecule has 0 nitrogen and oxygen atoms in total. The van der Waals surface area contributed by atoms with Gasteiger partial charge in [-0.15, -0.1) is 0 Å². The predicted molar refractivity (Wildman–Crippen MR) is 224 cm³/mol. The third-order valence-corrected chi connectivity index (χ3v) is 14.5. The molecule has 4 aliphatic rings. The third-order valence-electron chi connectivity index (χ3n) is 14.5. The monoisotopic (exact) mass is 798 g/mol. The summed E-state index contributed by atoms with van der Waals surface area (Å²) in [6.45, 7) is 4.73. The van der Waals surface area contributed by atoms with Crippen molar-refractivity contribution in [1.29, 1.82) is 0 Å². The zero-order valence-corrected chi connectivity index (χ0v) is 33.4. The highest BCUT2D eigenvalue weighted by Crippen LogP contribution is 2.46. The Morgan fingerprint density at radius 2 is 0.702 bits per heavy atom. The maximum Gasteiger partial charge on any atom is 0.194 e. The highest BCUT2D eigenvalue weighted by Gasteiger charge is 2.32. The van der Waals surface area contributed by atoms with Crippen LogP contribution in [-0.4, -0.2) is 0 Å². The number of halogens is 7. The van der Waals surface area contributed by atoms with E-state index in [4.69, 9.17) is 0 Å². The van der Waals surface area contributed by atoms with E-state index in [1.54, 1.807) is 6.07 Å². The summed E-state index contributed by atoms with van der Waals surface area (Å²) in [4.78, 5) is 0. The van der Waals surface area contributed by atoms with Crippen molar-refractivity contribution in [2.45, 2.75) is 128 Å². The van der Waals surface area contributed by atoms with E-state index in [0.717, 1.165) is 78.2 Å². The van der Waals surface area contributed by atoms with E-state index >= 15 is 0 Å². The van der Waals surface area contributed by atoms with Crippen LogP contribution in [0.2, 0.25) is 0 Å². The minimum absolute atomic E-state index is 0. The standard InChI is InChI=1S/C25H28F4.C25H29F3.4H2/c1-15-2-4-16(5-3-15)17-6-8-18(9-7-17)19-10-11-21(22(26)12-19)20-13-23(27)25(29)24(28)14-20;1-16-2-4-17(5-3-16)18-6-8-19(9-7-18)20-10-12-21(13-11-20)22-14-23(26)25(28)24(27)15-22;;;;/h10-18H,2-9H2,1H3;10-19H,2-9H2,1H3;4*1H. The van der Waals surface area contributed by atoms with E-state index in [9.17, 15) is 30.7 Å². The Morgan fingerprint density at radius 1 is 0.351 bits per heavy atom. The summed E-state index contributed by atoms with van der Waals surface area (Å²) in [5.41, 5.74) is 3.45. The average molecular weight is 799 g/mol. The molecule has 0 aliphatic heterocycles. The summed E-state index contributed by atoms with van der Waals surface area (Å²) in [5.74, 6) is -2.19. The first-order valence-electron chi connectivity index (χ1n) is 21.6. The molecule has 57 heavy (non-hydrogen) atoms. The lowest BCUT2D eigenvalue weighted by molar-refractivity contribution is 0.165. The van der Waals surface area contributed by atoms with Crippen molar-refractivity contribution in [3.63, 3.8) is 0 Å². The minimum atomic E-state index is -1.53. The van der Waals surface area contributed by atoms with Gasteiger partial charge in [0.25, 0.3) is 0 Å². The maximum atomic E-state index is 14.7. The summed E-state index contributed by atoms with van der Waals surface area (Å²) in [6.07, 6.45) is 20.6. The molecule has 4 aliphatic carbocycles. The fourth-order valence-electron chi connectivity index (χ4n) is 10.8. The number of hydrogen-bond donors (Lipinski definition) is 0. The maximum absolute atomic E-state index is 14.7. The lowest BCUT2D eigenvalue weighted by atomic mass is 9.68. The molecule has 0 radical (unpaired) electrons. The van der Waals surface area contributed by atoms with E-state index in [2.05, 4.69) is 26.0 Å². The van der Waals surface area contributed by atoms with Crippen molar-refractivity contribution in [2.24, 2.45) is 35.5 Å². The molecule has 0 spiro atoms. The number of hydrogen-bond acceptors (Lipinski definition) is 0. The molecule has 0 heterocycles. The Hall–Kier alpha value is -3.61. The van der Waals surface area contributed by atoms with E-state index < -0.39 is 40.7 Å². The molecule has 4 fully saturated rings. The topological polar surface area (TPSA) is 0 Å². The average Bonchev–Trinajstić information content (AvgIpc) is 3.22. The van der Waals surface area contributed by atoms with Crippen molar-refractivity contribution >= 4 is 0 Å². The molecule has 4 aromatic carbocycles. The Kier molecular flexibility index (Phi) is 13.5. The van der Waals surface area contributed by atoms with Gasteiger partial charge in [-0.25, -0.2) is 30.7 Å². The van der Waals surface area contributed by atoms with Crippen LogP contribution in [0.3, 0.4) is 0 Å². The molecular weight excluding hydrogens is 734 g/mol.